The van der Waals surface area contributed by atoms with Crippen LogP contribution in [0.15, 0.2) is 75.8 Å². The van der Waals surface area contributed by atoms with Gasteiger partial charge in [0.1, 0.15) is 0 Å². The Morgan fingerprint density at radius 2 is 1.57 bits per heavy atom. The number of benzene rings is 2. The number of halogens is 1. The second kappa shape index (κ2) is 9.41. The minimum Gasteiger partial charge on any atom is -0.444 e. The van der Waals surface area contributed by atoms with E-state index in [1.807, 2.05) is 18.2 Å². The number of carbonyl (C=O) groups is 3. The first-order chi connectivity index (χ1) is 14.4. The van der Waals surface area contributed by atoms with Crippen LogP contribution in [0, 0.1) is 0 Å². The molecule has 1 aromatic heterocycles. The number of hydrogen-bond acceptors (Lipinski definition) is 4. The van der Waals surface area contributed by atoms with Crippen molar-refractivity contribution in [2.45, 2.75) is 0 Å². The van der Waals surface area contributed by atoms with Crippen LogP contribution in [0.1, 0.15) is 20.9 Å². The Morgan fingerprint density at radius 3 is 2.23 bits per heavy atom. The van der Waals surface area contributed by atoms with Crippen LogP contribution in [-0.4, -0.2) is 43.3 Å². The van der Waals surface area contributed by atoms with E-state index in [0.717, 1.165) is 0 Å². The van der Waals surface area contributed by atoms with Crippen LogP contribution in [0.3, 0.4) is 0 Å². The summed E-state index contributed by atoms with van der Waals surface area (Å²) in [6, 6.07) is 18.9. The Labute approximate surface area is 182 Å². The van der Waals surface area contributed by atoms with Crippen molar-refractivity contribution in [2.24, 2.45) is 0 Å². The van der Waals surface area contributed by atoms with Gasteiger partial charge in [-0.3, -0.25) is 14.4 Å². The van der Waals surface area contributed by atoms with Crippen molar-refractivity contribution in [3.05, 3.63) is 82.7 Å². The minimum absolute atomic E-state index is 0.134. The highest BCUT2D eigenvalue weighted by Crippen LogP contribution is 2.24. The third kappa shape index (κ3) is 4.96. The van der Waals surface area contributed by atoms with Crippen LogP contribution in [-0.2, 0) is 4.79 Å². The molecule has 0 spiro atoms. The summed E-state index contributed by atoms with van der Waals surface area (Å²) in [5.41, 5.74) is 1.36. The topological polar surface area (TPSA) is 82.9 Å². The van der Waals surface area contributed by atoms with Gasteiger partial charge in [0.05, 0.1) is 17.8 Å². The fraction of sp³-hybridized carbons (Fsp3) is 0.136. The summed E-state index contributed by atoms with van der Waals surface area (Å²) in [7, 11) is 3.10. The van der Waals surface area contributed by atoms with Crippen LogP contribution in [0.2, 0.25) is 0 Å². The lowest BCUT2D eigenvalue weighted by Gasteiger charge is -2.22. The SMILES string of the molecule is CN(CC(=O)Nc1ccccc1)C(=O)c1ccccc1N(C)C(=O)c1ccc(Br)o1. The van der Waals surface area contributed by atoms with Crippen molar-refractivity contribution >= 4 is 45.0 Å². The minimum atomic E-state index is -0.398. The molecule has 3 rings (SSSR count). The molecule has 7 nitrogen and oxygen atoms in total. The fourth-order valence-corrected chi connectivity index (χ4v) is 3.17. The Balaban J connectivity index is 1.74. The van der Waals surface area contributed by atoms with Gasteiger partial charge in [0.25, 0.3) is 11.8 Å². The number of furan rings is 1. The lowest BCUT2D eigenvalue weighted by molar-refractivity contribution is -0.116. The highest BCUT2D eigenvalue weighted by Gasteiger charge is 2.24. The van der Waals surface area contributed by atoms with Gasteiger partial charge < -0.3 is 19.5 Å². The number of likely N-dealkylation sites (N-methyl/N-ethyl adjacent to an activating group) is 1. The molecule has 0 saturated carbocycles. The molecular weight excluding hydrogens is 450 g/mol. The summed E-state index contributed by atoms with van der Waals surface area (Å²) in [4.78, 5) is 40.6. The van der Waals surface area contributed by atoms with Crippen LogP contribution < -0.4 is 10.2 Å². The molecule has 2 aromatic carbocycles. The van der Waals surface area contributed by atoms with Gasteiger partial charge in [0.2, 0.25) is 5.91 Å². The molecule has 1 heterocycles. The van der Waals surface area contributed by atoms with Gasteiger partial charge in [-0.1, -0.05) is 30.3 Å². The highest BCUT2D eigenvalue weighted by molar-refractivity contribution is 9.10. The Hall–Kier alpha value is -3.39. The number of nitrogens with zero attached hydrogens (tertiary/aromatic N) is 2. The average Bonchev–Trinajstić information content (AvgIpc) is 3.19. The summed E-state index contributed by atoms with van der Waals surface area (Å²) in [6.07, 6.45) is 0. The van der Waals surface area contributed by atoms with Gasteiger partial charge in [-0.05, 0) is 52.3 Å². The maximum atomic E-state index is 13.0. The van der Waals surface area contributed by atoms with Crippen molar-refractivity contribution in [1.82, 2.24) is 4.90 Å². The maximum Gasteiger partial charge on any atom is 0.293 e. The largest absolute Gasteiger partial charge is 0.444 e. The molecular formula is C22H20BrN3O4. The first kappa shape index (κ1) is 21.3. The first-order valence-electron chi connectivity index (χ1n) is 9.09. The van der Waals surface area contributed by atoms with Gasteiger partial charge in [0.15, 0.2) is 10.4 Å². The molecule has 0 atom stereocenters. The van der Waals surface area contributed by atoms with Crippen LogP contribution >= 0.6 is 15.9 Å². The number of amides is 3. The van der Waals surface area contributed by atoms with Crippen molar-refractivity contribution in [2.75, 3.05) is 30.9 Å². The molecule has 154 valence electrons. The van der Waals surface area contributed by atoms with Crippen LogP contribution in [0.5, 0.6) is 0 Å². The third-order valence-corrected chi connectivity index (χ3v) is 4.80. The van der Waals surface area contributed by atoms with Gasteiger partial charge in [-0.25, -0.2) is 0 Å². The molecule has 0 unspecified atom stereocenters. The van der Waals surface area contributed by atoms with E-state index in [-0.39, 0.29) is 24.1 Å². The zero-order valence-corrected chi connectivity index (χ0v) is 18.0. The number of carbonyl (C=O) groups excluding carboxylic acids is 3. The number of para-hydroxylation sites is 2. The Bertz CT molecular complexity index is 1070. The average molecular weight is 470 g/mol. The van der Waals surface area contributed by atoms with E-state index >= 15 is 0 Å². The van der Waals surface area contributed by atoms with E-state index in [1.165, 1.54) is 16.8 Å². The Kier molecular flexibility index (Phi) is 6.68. The summed E-state index contributed by atoms with van der Waals surface area (Å²) in [5, 5.41) is 2.74. The molecule has 0 bridgehead atoms. The number of anilines is 2. The van der Waals surface area contributed by atoms with Gasteiger partial charge in [-0.15, -0.1) is 0 Å². The molecule has 3 aromatic rings. The van der Waals surface area contributed by atoms with Crippen LogP contribution in [0.25, 0.3) is 0 Å². The fourth-order valence-electron chi connectivity index (χ4n) is 2.87. The quantitative estimate of drug-likeness (QED) is 0.590. The zero-order valence-electron chi connectivity index (χ0n) is 16.5. The van der Waals surface area contributed by atoms with Gasteiger partial charge >= 0.3 is 0 Å². The Morgan fingerprint density at radius 1 is 0.900 bits per heavy atom. The molecule has 0 aliphatic heterocycles. The molecule has 3 amide bonds. The number of hydrogen-bond donors (Lipinski definition) is 1. The van der Waals surface area contributed by atoms with Crippen molar-refractivity contribution in [1.29, 1.82) is 0 Å². The third-order valence-electron chi connectivity index (χ3n) is 4.37. The van der Waals surface area contributed by atoms with E-state index in [9.17, 15) is 14.4 Å². The summed E-state index contributed by atoms with van der Waals surface area (Å²) in [6.45, 7) is -0.134. The summed E-state index contributed by atoms with van der Waals surface area (Å²) in [5.74, 6) is -0.957. The van der Waals surface area contributed by atoms with Crippen molar-refractivity contribution < 1.29 is 18.8 Å². The standard InChI is InChI=1S/C22H20BrN3O4/c1-25(14-20(27)24-15-8-4-3-5-9-15)21(28)16-10-6-7-11-17(16)26(2)22(29)18-12-13-19(23)30-18/h3-13H,14H2,1-2H3,(H,24,27). The predicted molar refractivity (Wildman–Crippen MR) is 118 cm³/mol. The predicted octanol–water partition coefficient (Wildman–Crippen LogP) is 4.03. The van der Waals surface area contributed by atoms with E-state index < -0.39 is 5.91 Å². The number of nitrogens with one attached hydrogen (secondary N) is 1. The van der Waals surface area contributed by atoms with E-state index in [2.05, 4.69) is 21.2 Å². The molecule has 0 saturated heterocycles. The molecule has 0 aliphatic carbocycles. The maximum absolute atomic E-state index is 13.0. The normalized spacial score (nSPS) is 10.4. The molecule has 30 heavy (non-hydrogen) atoms. The van der Waals surface area contributed by atoms with Crippen molar-refractivity contribution in [3.63, 3.8) is 0 Å². The highest BCUT2D eigenvalue weighted by atomic mass is 79.9. The lowest BCUT2D eigenvalue weighted by Crippen LogP contribution is -2.36. The molecule has 8 heteroatoms. The second-order valence-corrected chi connectivity index (χ2v) is 7.34. The first-order valence-corrected chi connectivity index (χ1v) is 9.89. The lowest BCUT2D eigenvalue weighted by atomic mass is 10.1. The molecule has 0 radical (unpaired) electrons. The second-order valence-electron chi connectivity index (χ2n) is 6.56. The number of rotatable bonds is 6. The summed E-state index contributed by atoms with van der Waals surface area (Å²) < 4.78 is 5.76. The van der Waals surface area contributed by atoms with Gasteiger partial charge in [0, 0.05) is 19.8 Å². The monoisotopic (exact) mass is 469 g/mol. The molecule has 0 fully saturated rings. The van der Waals surface area contributed by atoms with Crippen molar-refractivity contribution in [3.8, 4) is 0 Å². The van der Waals surface area contributed by atoms with E-state index in [0.29, 0.717) is 21.6 Å². The van der Waals surface area contributed by atoms with Gasteiger partial charge in [-0.2, -0.15) is 0 Å². The molecule has 1 N–H and O–H groups in total. The smallest absolute Gasteiger partial charge is 0.293 e. The summed E-state index contributed by atoms with van der Waals surface area (Å²) >= 11 is 3.17. The van der Waals surface area contributed by atoms with E-state index in [1.54, 1.807) is 55.6 Å². The van der Waals surface area contributed by atoms with E-state index in [4.69, 9.17) is 4.42 Å². The zero-order chi connectivity index (χ0) is 21.7. The van der Waals surface area contributed by atoms with Crippen LogP contribution in [0.4, 0.5) is 11.4 Å². The molecule has 0 aliphatic rings.